The third kappa shape index (κ3) is 3.60. The average molecular weight is 360 g/mol. The lowest BCUT2D eigenvalue weighted by Gasteiger charge is -2.46. The van der Waals surface area contributed by atoms with Crippen molar-refractivity contribution in [3.05, 3.63) is 66.2 Å². The van der Waals surface area contributed by atoms with E-state index in [1.807, 2.05) is 60.7 Å². The van der Waals surface area contributed by atoms with Crippen LogP contribution in [0.15, 0.2) is 65.6 Å². The molecule has 2 aliphatic rings. The van der Waals surface area contributed by atoms with Crippen molar-refractivity contribution in [3.63, 3.8) is 0 Å². The van der Waals surface area contributed by atoms with Crippen LogP contribution >= 0.6 is 11.8 Å². The third-order valence-electron chi connectivity index (χ3n) is 4.40. The van der Waals surface area contributed by atoms with Gasteiger partial charge in [0.1, 0.15) is 29.9 Å². The van der Waals surface area contributed by atoms with E-state index < -0.39 is 36.1 Å². The van der Waals surface area contributed by atoms with E-state index in [0.717, 1.165) is 10.5 Å². The van der Waals surface area contributed by atoms with Crippen molar-refractivity contribution in [1.29, 1.82) is 0 Å². The van der Waals surface area contributed by atoms with Gasteiger partial charge in [0.15, 0.2) is 6.29 Å². The Kier molecular flexibility index (Phi) is 5.08. The molecule has 1 unspecified atom stereocenters. The molecule has 2 fully saturated rings. The number of fused-ring (bicyclic) bond motifs is 1. The average Bonchev–Trinajstić information content (AvgIpc) is 2.67. The van der Waals surface area contributed by atoms with Gasteiger partial charge in [-0.3, -0.25) is 0 Å². The first-order valence-electron chi connectivity index (χ1n) is 8.28. The number of thioether (sulfide) groups is 1. The molecule has 2 aromatic rings. The normalized spacial score (nSPS) is 35.1. The number of hydrogen-bond donors (Lipinski definition) is 2. The zero-order valence-corrected chi connectivity index (χ0v) is 14.3. The molecule has 25 heavy (non-hydrogen) atoms. The predicted molar refractivity (Wildman–Crippen MR) is 93.0 cm³/mol. The molecule has 0 radical (unpaired) electrons. The molecule has 0 spiro atoms. The number of aliphatic hydroxyl groups excluding tert-OH is 2. The fourth-order valence-corrected chi connectivity index (χ4v) is 4.17. The summed E-state index contributed by atoms with van der Waals surface area (Å²) in [6.45, 7) is 0.305. The minimum absolute atomic E-state index is 0.305. The van der Waals surface area contributed by atoms with Crippen molar-refractivity contribution in [2.75, 3.05) is 6.61 Å². The van der Waals surface area contributed by atoms with Crippen LogP contribution in [0.1, 0.15) is 11.9 Å². The second-order valence-corrected chi connectivity index (χ2v) is 7.30. The zero-order chi connectivity index (χ0) is 17.2. The number of ether oxygens (including phenoxy) is 3. The summed E-state index contributed by atoms with van der Waals surface area (Å²) in [5.41, 5.74) is 0.308. The van der Waals surface area contributed by atoms with Crippen LogP contribution in [-0.2, 0) is 14.2 Å². The van der Waals surface area contributed by atoms with Gasteiger partial charge in [-0.2, -0.15) is 0 Å². The SMILES string of the molecule is O[C@H]1[C@H](O)[C@@H](Sc2ccccc2)O[C@H]2COC(c3ccccc3)O[C@H]12. The lowest BCUT2D eigenvalue weighted by molar-refractivity contribution is -0.318. The van der Waals surface area contributed by atoms with E-state index in [9.17, 15) is 10.2 Å². The second-order valence-electron chi connectivity index (χ2n) is 6.13. The van der Waals surface area contributed by atoms with Crippen molar-refractivity contribution in [2.24, 2.45) is 0 Å². The van der Waals surface area contributed by atoms with Crippen LogP contribution in [0.25, 0.3) is 0 Å². The van der Waals surface area contributed by atoms with Gasteiger partial charge >= 0.3 is 0 Å². The number of rotatable bonds is 3. The maximum absolute atomic E-state index is 10.6. The summed E-state index contributed by atoms with van der Waals surface area (Å²) < 4.78 is 17.6. The highest BCUT2D eigenvalue weighted by Crippen LogP contribution is 2.38. The van der Waals surface area contributed by atoms with Gasteiger partial charge in [0.05, 0.1) is 6.61 Å². The first kappa shape index (κ1) is 17.0. The Morgan fingerprint density at radius 2 is 1.52 bits per heavy atom. The van der Waals surface area contributed by atoms with Crippen LogP contribution < -0.4 is 0 Å². The van der Waals surface area contributed by atoms with Gasteiger partial charge in [-0.05, 0) is 12.1 Å². The minimum atomic E-state index is -1.04. The summed E-state index contributed by atoms with van der Waals surface area (Å²) in [6, 6.07) is 19.2. The van der Waals surface area contributed by atoms with Crippen LogP contribution in [0.2, 0.25) is 0 Å². The van der Waals surface area contributed by atoms with E-state index in [4.69, 9.17) is 14.2 Å². The van der Waals surface area contributed by atoms with Crippen LogP contribution in [0.3, 0.4) is 0 Å². The fourth-order valence-electron chi connectivity index (χ4n) is 3.09. The molecular formula is C19H20O5S. The van der Waals surface area contributed by atoms with Gasteiger partial charge in [-0.1, -0.05) is 60.3 Å². The maximum atomic E-state index is 10.6. The van der Waals surface area contributed by atoms with Gasteiger partial charge in [0, 0.05) is 10.5 Å². The summed E-state index contributed by atoms with van der Waals surface area (Å²) in [4.78, 5) is 0.969. The maximum Gasteiger partial charge on any atom is 0.184 e. The Bertz CT molecular complexity index is 681. The zero-order valence-electron chi connectivity index (χ0n) is 13.5. The van der Waals surface area contributed by atoms with Gasteiger partial charge < -0.3 is 24.4 Å². The Labute approximate surface area is 150 Å². The molecular weight excluding hydrogens is 340 g/mol. The molecule has 5 nitrogen and oxygen atoms in total. The van der Waals surface area contributed by atoms with Gasteiger partial charge in [-0.15, -0.1) is 0 Å². The smallest absolute Gasteiger partial charge is 0.184 e. The summed E-state index contributed by atoms with van der Waals surface area (Å²) >= 11 is 1.39. The van der Waals surface area contributed by atoms with Crippen LogP contribution in [0.4, 0.5) is 0 Å². The second kappa shape index (κ2) is 7.45. The number of aliphatic hydroxyl groups is 2. The molecule has 6 atom stereocenters. The first-order chi connectivity index (χ1) is 12.2. The van der Waals surface area contributed by atoms with Gasteiger partial charge in [0.2, 0.25) is 0 Å². The Morgan fingerprint density at radius 1 is 0.840 bits per heavy atom. The molecule has 0 bridgehead atoms. The fraction of sp³-hybridized carbons (Fsp3) is 0.368. The molecule has 2 aliphatic heterocycles. The highest BCUT2D eigenvalue weighted by molar-refractivity contribution is 7.99. The van der Waals surface area contributed by atoms with Crippen molar-refractivity contribution < 1.29 is 24.4 Å². The molecule has 4 rings (SSSR count). The van der Waals surface area contributed by atoms with Crippen molar-refractivity contribution >= 4 is 11.8 Å². The van der Waals surface area contributed by atoms with E-state index >= 15 is 0 Å². The minimum Gasteiger partial charge on any atom is -0.387 e. The highest BCUT2D eigenvalue weighted by atomic mass is 32.2. The lowest BCUT2D eigenvalue weighted by Crippen LogP contribution is -2.60. The largest absolute Gasteiger partial charge is 0.387 e. The Hall–Kier alpha value is -1.41. The molecule has 0 saturated carbocycles. The van der Waals surface area contributed by atoms with Crippen molar-refractivity contribution in [1.82, 2.24) is 0 Å². The number of hydrogen-bond acceptors (Lipinski definition) is 6. The van der Waals surface area contributed by atoms with Gasteiger partial charge in [0.25, 0.3) is 0 Å². The Morgan fingerprint density at radius 3 is 2.24 bits per heavy atom. The van der Waals surface area contributed by atoms with E-state index in [1.54, 1.807) is 0 Å². The summed E-state index contributed by atoms with van der Waals surface area (Å²) in [7, 11) is 0. The highest BCUT2D eigenvalue weighted by Gasteiger charge is 2.49. The summed E-state index contributed by atoms with van der Waals surface area (Å²) in [5, 5.41) is 21.0. The van der Waals surface area contributed by atoms with Crippen LogP contribution in [0, 0.1) is 0 Å². The standard InChI is InChI=1S/C19H20O5S/c20-15-16(21)19(25-13-9-5-2-6-10-13)23-14-11-22-18(24-17(14)15)12-7-3-1-4-8-12/h1-10,14-21H,11H2/t14-,15-,16-,17-,18?,19+/m0/s1. The van der Waals surface area contributed by atoms with Gasteiger partial charge in [-0.25, -0.2) is 0 Å². The Balaban J connectivity index is 1.46. The van der Waals surface area contributed by atoms with Crippen molar-refractivity contribution in [3.8, 4) is 0 Å². The molecule has 132 valence electrons. The van der Waals surface area contributed by atoms with E-state index in [2.05, 4.69) is 0 Å². The van der Waals surface area contributed by atoms with Crippen molar-refractivity contribution in [2.45, 2.75) is 41.0 Å². The van der Waals surface area contributed by atoms with E-state index in [-0.39, 0.29) is 0 Å². The predicted octanol–water partition coefficient (Wildman–Crippen LogP) is 2.34. The lowest BCUT2D eigenvalue weighted by atomic mass is 9.99. The van der Waals surface area contributed by atoms with E-state index in [1.165, 1.54) is 11.8 Å². The van der Waals surface area contributed by atoms with Crippen LogP contribution in [0.5, 0.6) is 0 Å². The molecule has 6 heteroatoms. The topological polar surface area (TPSA) is 68.2 Å². The van der Waals surface area contributed by atoms with E-state index in [0.29, 0.717) is 6.61 Å². The first-order valence-corrected chi connectivity index (χ1v) is 9.15. The quantitative estimate of drug-likeness (QED) is 0.876. The summed E-state index contributed by atoms with van der Waals surface area (Å²) in [5.74, 6) is 0. The molecule has 2 aromatic carbocycles. The van der Waals surface area contributed by atoms with Crippen LogP contribution in [-0.4, -0.2) is 46.7 Å². The summed E-state index contributed by atoms with van der Waals surface area (Å²) in [6.07, 6.45) is -3.68. The molecule has 0 aromatic heterocycles. The molecule has 2 saturated heterocycles. The molecule has 0 amide bonds. The molecule has 2 N–H and O–H groups in total. The molecule has 0 aliphatic carbocycles. The monoisotopic (exact) mass is 360 g/mol. The third-order valence-corrected chi connectivity index (χ3v) is 5.57. The number of benzene rings is 2. The molecule has 2 heterocycles.